The maximum absolute atomic E-state index is 10.8. The van der Waals surface area contributed by atoms with E-state index >= 15 is 0 Å². The lowest BCUT2D eigenvalue weighted by molar-refractivity contribution is 0.0697. The lowest BCUT2D eigenvalue weighted by atomic mass is 10.1. The van der Waals surface area contributed by atoms with Crippen molar-refractivity contribution < 1.29 is 14.6 Å². The van der Waals surface area contributed by atoms with Crippen LogP contribution in [0.25, 0.3) is 0 Å². The SMILES string of the molecule is Cl.O=C(O)c1ccc(OCCN2CCCCC2)cc1Cl. The quantitative estimate of drug-likeness (QED) is 0.904. The van der Waals surface area contributed by atoms with Crippen molar-refractivity contribution in [1.29, 1.82) is 0 Å². The largest absolute Gasteiger partial charge is 0.492 e. The lowest BCUT2D eigenvalue weighted by Crippen LogP contribution is -2.33. The number of nitrogens with zero attached hydrogens (tertiary/aromatic N) is 1. The minimum absolute atomic E-state index is 0. The molecule has 0 atom stereocenters. The molecular weight excluding hydrogens is 301 g/mol. The summed E-state index contributed by atoms with van der Waals surface area (Å²) in [6, 6.07) is 4.67. The van der Waals surface area contributed by atoms with Crippen molar-refractivity contribution >= 4 is 30.0 Å². The third-order valence-electron chi connectivity index (χ3n) is 3.30. The molecule has 1 aromatic rings. The van der Waals surface area contributed by atoms with Crippen LogP contribution >= 0.6 is 24.0 Å². The number of benzene rings is 1. The number of carboxylic acids is 1. The molecule has 0 unspecified atom stereocenters. The van der Waals surface area contributed by atoms with Gasteiger partial charge in [-0.3, -0.25) is 4.90 Å². The van der Waals surface area contributed by atoms with E-state index in [1.165, 1.54) is 25.3 Å². The zero-order chi connectivity index (χ0) is 13.7. The van der Waals surface area contributed by atoms with E-state index in [0.29, 0.717) is 12.4 Å². The van der Waals surface area contributed by atoms with Crippen molar-refractivity contribution in [3.05, 3.63) is 28.8 Å². The topological polar surface area (TPSA) is 49.8 Å². The fourth-order valence-electron chi connectivity index (χ4n) is 2.23. The van der Waals surface area contributed by atoms with Gasteiger partial charge in [-0.2, -0.15) is 0 Å². The second-order valence-corrected chi connectivity index (χ2v) is 5.10. The molecule has 0 aliphatic carbocycles. The van der Waals surface area contributed by atoms with Crippen LogP contribution < -0.4 is 4.74 Å². The summed E-state index contributed by atoms with van der Waals surface area (Å²) in [5.74, 6) is -0.406. The van der Waals surface area contributed by atoms with Crippen LogP contribution in [0.1, 0.15) is 29.6 Å². The number of ether oxygens (including phenoxy) is 1. The van der Waals surface area contributed by atoms with E-state index < -0.39 is 5.97 Å². The normalized spacial score (nSPS) is 15.4. The van der Waals surface area contributed by atoms with Crippen LogP contribution in [0.2, 0.25) is 5.02 Å². The minimum Gasteiger partial charge on any atom is -0.492 e. The van der Waals surface area contributed by atoms with E-state index in [1.54, 1.807) is 12.1 Å². The predicted molar refractivity (Wildman–Crippen MR) is 81.4 cm³/mol. The molecule has 0 spiro atoms. The molecule has 112 valence electrons. The zero-order valence-corrected chi connectivity index (χ0v) is 12.8. The fourth-order valence-corrected chi connectivity index (χ4v) is 2.49. The zero-order valence-electron chi connectivity index (χ0n) is 11.2. The van der Waals surface area contributed by atoms with Crippen LogP contribution in [-0.2, 0) is 0 Å². The van der Waals surface area contributed by atoms with Gasteiger partial charge in [-0.1, -0.05) is 18.0 Å². The molecule has 1 fully saturated rings. The van der Waals surface area contributed by atoms with Gasteiger partial charge in [0, 0.05) is 6.54 Å². The van der Waals surface area contributed by atoms with Crippen molar-refractivity contribution in [1.82, 2.24) is 4.90 Å². The number of halogens is 2. The second-order valence-electron chi connectivity index (χ2n) is 4.70. The molecule has 0 bridgehead atoms. The smallest absolute Gasteiger partial charge is 0.337 e. The van der Waals surface area contributed by atoms with Crippen LogP contribution in [0.3, 0.4) is 0 Å². The summed E-state index contributed by atoms with van der Waals surface area (Å²) >= 11 is 5.88. The van der Waals surface area contributed by atoms with Gasteiger partial charge in [-0.15, -0.1) is 12.4 Å². The Morgan fingerprint density at radius 2 is 2.00 bits per heavy atom. The monoisotopic (exact) mass is 319 g/mol. The van der Waals surface area contributed by atoms with E-state index in [9.17, 15) is 4.79 Å². The standard InChI is InChI=1S/C14H18ClNO3.ClH/c15-13-10-11(4-5-12(13)14(17)18)19-9-8-16-6-2-1-3-7-16;/h4-5,10H,1-3,6-9H2,(H,17,18);1H. The molecule has 6 heteroatoms. The average molecular weight is 320 g/mol. The van der Waals surface area contributed by atoms with Gasteiger partial charge >= 0.3 is 5.97 Å². The molecule has 1 saturated heterocycles. The summed E-state index contributed by atoms with van der Waals surface area (Å²) in [5, 5.41) is 9.08. The van der Waals surface area contributed by atoms with Gasteiger partial charge < -0.3 is 9.84 Å². The van der Waals surface area contributed by atoms with E-state index in [2.05, 4.69) is 4.90 Å². The van der Waals surface area contributed by atoms with Gasteiger partial charge in [0.1, 0.15) is 12.4 Å². The Balaban J connectivity index is 0.00000200. The van der Waals surface area contributed by atoms with Gasteiger partial charge in [0.2, 0.25) is 0 Å². The Morgan fingerprint density at radius 3 is 2.60 bits per heavy atom. The van der Waals surface area contributed by atoms with E-state index in [0.717, 1.165) is 19.6 Å². The highest BCUT2D eigenvalue weighted by Crippen LogP contribution is 2.22. The molecule has 1 aliphatic heterocycles. The van der Waals surface area contributed by atoms with Crippen LogP contribution in [0.15, 0.2) is 18.2 Å². The molecule has 0 aromatic heterocycles. The molecule has 1 aromatic carbocycles. The van der Waals surface area contributed by atoms with Crippen molar-refractivity contribution in [3.8, 4) is 5.75 Å². The Kier molecular flexibility index (Phi) is 7.13. The van der Waals surface area contributed by atoms with Crippen molar-refractivity contribution in [2.75, 3.05) is 26.2 Å². The van der Waals surface area contributed by atoms with Crippen LogP contribution in [0.5, 0.6) is 5.75 Å². The average Bonchev–Trinajstić information content (AvgIpc) is 2.39. The number of carbonyl (C=O) groups is 1. The van der Waals surface area contributed by atoms with Gasteiger partial charge in [-0.25, -0.2) is 4.79 Å². The predicted octanol–water partition coefficient (Wildman–Crippen LogP) is 3.32. The number of piperidine rings is 1. The van der Waals surface area contributed by atoms with Gasteiger partial charge in [-0.05, 0) is 44.1 Å². The highest BCUT2D eigenvalue weighted by Gasteiger charge is 2.11. The molecule has 1 aliphatic rings. The number of rotatable bonds is 5. The fraction of sp³-hybridized carbons (Fsp3) is 0.500. The van der Waals surface area contributed by atoms with E-state index in [1.807, 2.05) is 0 Å². The lowest BCUT2D eigenvalue weighted by Gasteiger charge is -2.26. The summed E-state index contributed by atoms with van der Waals surface area (Å²) in [6.45, 7) is 3.78. The Bertz CT molecular complexity index is 448. The van der Waals surface area contributed by atoms with Crippen LogP contribution in [0.4, 0.5) is 0 Å². The highest BCUT2D eigenvalue weighted by atomic mass is 35.5. The van der Waals surface area contributed by atoms with Crippen molar-refractivity contribution in [3.63, 3.8) is 0 Å². The molecule has 0 saturated carbocycles. The Hall–Kier alpha value is -0.970. The molecule has 1 N–H and O–H groups in total. The summed E-state index contributed by atoms with van der Waals surface area (Å²) in [4.78, 5) is 13.2. The summed E-state index contributed by atoms with van der Waals surface area (Å²) in [5.41, 5.74) is 0.102. The van der Waals surface area contributed by atoms with Crippen LogP contribution in [0, 0.1) is 0 Å². The number of aromatic carboxylic acids is 1. The second kappa shape index (κ2) is 8.35. The number of likely N-dealkylation sites (tertiary alicyclic amines) is 1. The van der Waals surface area contributed by atoms with Gasteiger partial charge in [0.05, 0.1) is 10.6 Å². The Labute approximate surface area is 130 Å². The molecule has 20 heavy (non-hydrogen) atoms. The molecule has 4 nitrogen and oxygen atoms in total. The van der Waals surface area contributed by atoms with E-state index in [4.69, 9.17) is 21.4 Å². The molecule has 1 heterocycles. The molecular formula is C14H19Cl2NO3. The van der Waals surface area contributed by atoms with Crippen molar-refractivity contribution in [2.24, 2.45) is 0 Å². The van der Waals surface area contributed by atoms with Gasteiger partial charge in [0.25, 0.3) is 0 Å². The first-order chi connectivity index (χ1) is 9.16. The van der Waals surface area contributed by atoms with Crippen LogP contribution in [-0.4, -0.2) is 42.2 Å². The maximum Gasteiger partial charge on any atom is 0.337 e. The first kappa shape index (κ1) is 17.1. The number of carboxylic acid groups (broad SMARTS) is 1. The third kappa shape index (κ3) is 4.85. The number of hydrogen-bond donors (Lipinski definition) is 1. The van der Waals surface area contributed by atoms with E-state index in [-0.39, 0.29) is 23.0 Å². The minimum atomic E-state index is -1.02. The first-order valence-electron chi connectivity index (χ1n) is 6.55. The van der Waals surface area contributed by atoms with Gasteiger partial charge in [0.15, 0.2) is 0 Å². The first-order valence-corrected chi connectivity index (χ1v) is 6.92. The summed E-state index contributed by atoms with van der Waals surface area (Å²) < 4.78 is 5.61. The molecule has 0 amide bonds. The Morgan fingerprint density at radius 1 is 1.30 bits per heavy atom. The maximum atomic E-state index is 10.8. The molecule has 2 rings (SSSR count). The summed E-state index contributed by atoms with van der Waals surface area (Å²) in [6.07, 6.45) is 3.85. The highest BCUT2D eigenvalue weighted by molar-refractivity contribution is 6.33. The third-order valence-corrected chi connectivity index (χ3v) is 3.61. The van der Waals surface area contributed by atoms with Crippen molar-refractivity contribution in [2.45, 2.75) is 19.3 Å². The number of hydrogen-bond acceptors (Lipinski definition) is 3. The molecule has 0 radical (unpaired) electrons. The summed E-state index contributed by atoms with van der Waals surface area (Å²) in [7, 11) is 0.